The lowest BCUT2D eigenvalue weighted by Crippen LogP contribution is -2.40. The van der Waals surface area contributed by atoms with Gasteiger partial charge in [0, 0.05) is 44.3 Å². The molecule has 1 aliphatic rings. The molecule has 0 spiro atoms. The predicted octanol–water partition coefficient (Wildman–Crippen LogP) is 1.37. The standard InChI is InChI=1S/C20H22N6O3/c1-25-9-8-22-19(25)12-29-16-4-2-14(3-5-16)24-20(28)17-10-15(27)11-26(17)18-6-7-21-13-23-18/h2-9,13,15,17,27H,10-12H2,1H3,(H,24,28). The first kappa shape index (κ1) is 18.9. The molecule has 2 atom stereocenters. The fourth-order valence-corrected chi connectivity index (χ4v) is 3.31. The van der Waals surface area contributed by atoms with Crippen LogP contribution in [0.25, 0.3) is 0 Å². The highest BCUT2D eigenvalue weighted by Gasteiger charge is 2.36. The van der Waals surface area contributed by atoms with Crippen molar-refractivity contribution in [2.45, 2.75) is 25.2 Å². The minimum Gasteiger partial charge on any atom is -0.486 e. The molecule has 4 rings (SSSR count). The van der Waals surface area contributed by atoms with Gasteiger partial charge in [-0.2, -0.15) is 0 Å². The highest BCUT2D eigenvalue weighted by atomic mass is 16.5. The average Bonchev–Trinajstić information content (AvgIpc) is 3.33. The van der Waals surface area contributed by atoms with Crippen LogP contribution in [0.1, 0.15) is 12.2 Å². The number of aryl methyl sites for hydroxylation is 1. The fourth-order valence-electron chi connectivity index (χ4n) is 3.31. The second-order valence-electron chi connectivity index (χ2n) is 6.88. The Kier molecular flexibility index (Phi) is 5.39. The van der Waals surface area contributed by atoms with Crippen molar-refractivity contribution in [3.8, 4) is 5.75 Å². The number of hydrogen-bond acceptors (Lipinski definition) is 7. The van der Waals surface area contributed by atoms with Gasteiger partial charge in [-0.15, -0.1) is 0 Å². The van der Waals surface area contributed by atoms with Crippen molar-refractivity contribution in [2.24, 2.45) is 7.05 Å². The Hall–Kier alpha value is -3.46. The third-order valence-electron chi connectivity index (χ3n) is 4.85. The Morgan fingerprint density at radius 1 is 1.24 bits per heavy atom. The molecular formula is C20H22N6O3. The summed E-state index contributed by atoms with van der Waals surface area (Å²) in [5, 5.41) is 13.0. The van der Waals surface area contributed by atoms with E-state index in [9.17, 15) is 9.90 Å². The number of ether oxygens (including phenoxy) is 1. The first-order valence-electron chi connectivity index (χ1n) is 9.31. The van der Waals surface area contributed by atoms with Gasteiger partial charge >= 0.3 is 0 Å². The van der Waals surface area contributed by atoms with Crippen LogP contribution in [0, 0.1) is 0 Å². The normalized spacial score (nSPS) is 18.6. The number of aromatic nitrogens is 4. The van der Waals surface area contributed by atoms with Gasteiger partial charge in [-0.3, -0.25) is 4.79 Å². The number of amides is 1. The third kappa shape index (κ3) is 4.35. The lowest BCUT2D eigenvalue weighted by molar-refractivity contribution is -0.117. The molecule has 2 N–H and O–H groups in total. The SMILES string of the molecule is Cn1ccnc1COc1ccc(NC(=O)C2CC(O)CN2c2ccncn2)cc1. The van der Waals surface area contributed by atoms with Crippen LogP contribution in [0.3, 0.4) is 0 Å². The van der Waals surface area contributed by atoms with Crippen molar-refractivity contribution >= 4 is 17.4 Å². The van der Waals surface area contributed by atoms with Crippen molar-refractivity contribution in [3.63, 3.8) is 0 Å². The minimum absolute atomic E-state index is 0.193. The molecule has 0 aliphatic carbocycles. The van der Waals surface area contributed by atoms with Gasteiger partial charge in [0.2, 0.25) is 5.91 Å². The number of benzene rings is 1. The van der Waals surface area contributed by atoms with Crippen molar-refractivity contribution < 1.29 is 14.6 Å². The topological polar surface area (TPSA) is 105 Å². The summed E-state index contributed by atoms with van der Waals surface area (Å²) in [6.45, 7) is 0.720. The molecule has 2 aromatic heterocycles. The van der Waals surface area contributed by atoms with Gasteiger partial charge in [0.1, 0.15) is 36.4 Å². The molecule has 3 aromatic rings. The Morgan fingerprint density at radius 3 is 2.76 bits per heavy atom. The zero-order valence-electron chi connectivity index (χ0n) is 16.0. The molecule has 1 aromatic carbocycles. The summed E-state index contributed by atoms with van der Waals surface area (Å²) in [5.74, 6) is 1.94. The molecule has 3 heterocycles. The van der Waals surface area contributed by atoms with Crippen molar-refractivity contribution in [2.75, 3.05) is 16.8 Å². The van der Waals surface area contributed by atoms with Gasteiger partial charge in [0.15, 0.2) is 0 Å². The van der Waals surface area contributed by atoms with Gasteiger partial charge in [0.25, 0.3) is 0 Å². The summed E-state index contributed by atoms with van der Waals surface area (Å²) in [4.78, 5) is 26.9. The Morgan fingerprint density at radius 2 is 2.07 bits per heavy atom. The zero-order valence-corrected chi connectivity index (χ0v) is 16.0. The lowest BCUT2D eigenvalue weighted by atomic mass is 10.1. The van der Waals surface area contributed by atoms with E-state index < -0.39 is 12.1 Å². The number of carbonyl (C=O) groups excluding carboxylic acids is 1. The molecule has 0 bridgehead atoms. The minimum atomic E-state index is -0.581. The number of imidazole rings is 1. The zero-order chi connectivity index (χ0) is 20.2. The van der Waals surface area contributed by atoms with Gasteiger partial charge in [-0.1, -0.05) is 0 Å². The van der Waals surface area contributed by atoms with E-state index in [4.69, 9.17) is 4.74 Å². The van der Waals surface area contributed by atoms with E-state index in [1.54, 1.807) is 47.6 Å². The summed E-state index contributed by atoms with van der Waals surface area (Å²) in [6.07, 6.45) is 6.40. The number of hydrogen-bond donors (Lipinski definition) is 2. The Balaban J connectivity index is 1.38. The summed E-state index contributed by atoms with van der Waals surface area (Å²) < 4.78 is 7.63. The van der Waals surface area contributed by atoms with Crippen molar-refractivity contribution in [3.05, 3.63) is 61.1 Å². The first-order chi connectivity index (χ1) is 14.1. The van der Waals surface area contributed by atoms with Gasteiger partial charge in [-0.05, 0) is 30.3 Å². The van der Waals surface area contributed by atoms with E-state index in [0.29, 0.717) is 36.8 Å². The molecule has 0 saturated carbocycles. The van der Waals surface area contributed by atoms with E-state index in [2.05, 4.69) is 20.3 Å². The molecule has 29 heavy (non-hydrogen) atoms. The highest BCUT2D eigenvalue weighted by Crippen LogP contribution is 2.25. The van der Waals surface area contributed by atoms with Crippen molar-refractivity contribution in [1.82, 2.24) is 19.5 Å². The van der Waals surface area contributed by atoms with Crippen LogP contribution in [0.5, 0.6) is 5.75 Å². The molecular weight excluding hydrogens is 372 g/mol. The molecule has 9 heteroatoms. The number of nitrogens with zero attached hydrogens (tertiary/aromatic N) is 5. The number of aliphatic hydroxyl groups excluding tert-OH is 1. The number of aliphatic hydroxyl groups is 1. The number of anilines is 2. The van der Waals surface area contributed by atoms with E-state index in [1.165, 1.54) is 6.33 Å². The molecule has 2 unspecified atom stereocenters. The highest BCUT2D eigenvalue weighted by molar-refractivity contribution is 5.97. The Labute approximate surface area is 168 Å². The van der Waals surface area contributed by atoms with Crippen LogP contribution < -0.4 is 15.0 Å². The van der Waals surface area contributed by atoms with E-state index in [1.807, 2.05) is 17.8 Å². The van der Waals surface area contributed by atoms with Crippen molar-refractivity contribution in [1.29, 1.82) is 0 Å². The maximum absolute atomic E-state index is 12.8. The molecule has 150 valence electrons. The lowest BCUT2D eigenvalue weighted by Gasteiger charge is -2.24. The average molecular weight is 394 g/mol. The molecule has 1 saturated heterocycles. The van der Waals surface area contributed by atoms with Crippen LogP contribution >= 0.6 is 0 Å². The van der Waals surface area contributed by atoms with Crippen LogP contribution in [0.15, 0.2) is 55.2 Å². The van der Waals surface area contributed by atoms with Crippen LogP contribution in [0.2, 0.25) is 0 Å². The van der Waals surface area contributed by atoms with Crippen LogP contribution in [-0.2, 0) is 18.4 Å². The summed E-state index contributed by atoms with van der Waals surface area (Å²) in [5.41, 5.74) is 0.656. The molecule has 1 aliphatic heterocycles. The van der Waals surface area contributed by atoms with Gasteiger partial charge < -0.3 is 24.6 Å². The largest absolute Gasteiger partial charge is 0.486 e. The summed E-state index contributed by atoms with van der Waals surface area (Å²) >= 11 is 0. The summed E-state index contributed by atoms with van der Waals surface area (Å²) in [6, 6.07) is 8.39. The van der Waals surface area contributed by atoms with Gasteiger partial charge in [0.05, 0.1) is 6.10 Å². The predicted molar refractivity (Wildman–Crippen MR) is 106 cm³/mol. The molecule has 1 fully saturated rings. The quantitative estimate of drug-likeness (QED) is 0.650. The smallest absolute Gasteiger partial charge is 0.247 e. The second kappa shape index (κ2) is 8.27. The first-order valence-corrected chi connectivity index (χ1v) is 9.31. The fraction of sp³-hybridized carbons (Fsp3) is 0.300. The maximum atomic E-state index is 12.8. The van der Waals surface area contributed by atoms with E-state index in [-0.39, 0.29) is 5.91 Å². The maximum Gasteiger partial charge on any atom is 0.247 e. The van der Waals surface area contributed by atoms with Crippen LogP contribution in [0.4, 0.5) is 11.5 Å². The number of rotatable bonds is 6. The molecule has 1 amide bonds. The monoisotopic (exact) mass is 394 g/mol. The van der Waals surface area contributed by atoms with E-state index in [0.717, 1.165) is 5.82 Å². The van der Waals surface area contributed by atoms with Crippen LogP contribution in [-0.4, -0.2) is 49.2 Å². The Bertz CT molecular complexity index is 960. The number of carbonyl (C=O) groups is 1. The molecule has 0 radical (unpaired) electrons. The van der Waals surface area contributed by atoms with Gasteiger partial charge in [-0.25, -0.2) is 15.0 Å². The molecule has 9 nitrogen and oxygen atoms in total. The number of β-amino-alcohol motifs (C(OH)–C–C–N with tert-alkyl or cyclic N) is 1. The number of nitrogens with one attached hydrogen (secondary N) is 1. The third-order valence-corrected chi connectivity index (χ3v) is 4.85. The summed E-state index contributed by atoms with van der Waals surface area (Å²) in [7, 11) is 1.91. The van der Waals surface area contributed by atoms with E-state index >= 15 is 0 Å². The second-order valence-corrected chi connectivity index (χ2v) is 6.88.